The third-order valence-corrected chi connectivity index (χ3v) is 3.34. The third-order valence-electron chi connectivity index (χ3n) is 1.90. The van der Waals surface area contributed by atoms with Gasteiger partial charge in [0, 0.05) is 5.69 Å². The summed E-state index contributed by atoms with van der Waals surface area (Å²) in [5, 5.41) is 4.13. The van der Waals surface area contributed by atoms with Gasteiger partial charge in [-0.05, 0) is 25.1 Å². The molecule has 15 heavy (non-hydrogen) atoms. The first-order chi connectivity index (χ1) is 7.19. The topological polar surface area (TPSA) is 42.0 Å². The van der Waals surface area contributed by atoms with E-state index in [9.17, 15) is 4.79 Å². The monoisotopic (exact) mass is 284 g/mol. The van der Waals surface area contributed by atoms with Crippen LogP contribution in [0.25, 0.3) is 10.2 Å². The molecular weight excluding hydrogens is 276 g/mol. The second-order valence-corrected chi connectivity index (χ2v) is 4.89. The Balaban J connectivity index is 2.33. The highest BCUT2D eigenvalue weighted by Crippen LogP contribution is 2.24. The average Bonchev–Trinajstić information content (AvgIpc) is 2.57. The number of thiazole rings is 1. The van der Waals surface area contributed by atoms with Gasteiger partial charge < -0.3 is 5.32 Å². The molecule has 1 amide bonds. The van der Waals surface area contributed by atoms with Gasteiger partial charge in [-0.3, -0.25) is 4.79 Å². The van der Waals surface area contributed by atoms with Gasteiger partial charge in [0.15, 0.2) is 0 Å². The lowest BCUT2D eigenvalue weighted by molar-refractivity contribution is -0.113. The number of hydrogen-bond donors (Lipinski definition) is 1. The van der Waals surface area contributed by atoms with Crippen LogP contribution in [0.4, 0.5) is 5.69 Å². The fourth-order valence-electron chi connectivity index (χ4n) is 1.31. The predicted octanol–water partition coefficient (Wildman–Crippen LogP) is 2.94. The summed E-state index contributed by atoms with van der Waals surface area (Å²) >= 11 is 4.73. The second-order valence-electron chi connectivity index (χ2n) is 3.10. The maximum Gasteiger partial charge on any atom is 0.235 e. The lowest BCUT2D eigenvalue weighted by Crippen LogP contribution is -2.11. The lowest BCUT2D eigenvalue weighted by atomic mass is 10.3. The summed E-state index contributed by atoms with van der Waals surface area (Å²) < 4.78 is 1.10. The number of nitrogens with one attached hydrogen (secondary N) is 1. The summed E-state index contributed by atoms with van der Waals surface area (Å²) in [5.74, 6) is -0.0458. The number of aromatic nitrogens is 1. The van der Waals surface area contributed by atoms with Crippen LogP contribution in [0.2, 0.25) is 0 Å². The molecular formula is C10H9BrN2OS. The second kappa shape index (κ2) is 4.28. The number of carbonyl (C=O) groups is 1. The molecule has 5 heteroatoms. The molecule has 0 spiro atoms. The molecule has 1 N–H and O–H groups in total. The van der Waals surface area contributed by atoms with Gasteiger partial charge in [-0.15, -0.1) is 11.3 Å². The van der Waals surface area contributed by atoms with E-state index in [1.807, 2.05) is 25.1 Å². The van der Waals surface area contributed by atoms with Crippen LogP contribution in [-0.2, 0) is 4.79 Å². The van der Waals surface area contributed by atoms with Gasteiger partial charge in [-0.2, -0.15) is 0 Å². The zero-order valence-electron chi connectivity index (χ0n) is 8.08. The van der Waals surface area contributed by atoms with Crippen molar-refractivity contribution in [3.63, 3.8) is 0 Å². The molecule has 0 atom stereocenters. The van der Waals surface area contributed by atoms with Crippen LogP contribution in [0.5, 0.6) is 0 Å². The van der Waals surface area contributed by atoms with Gasteiger partial charge in [0.25, 0.3) is 0 Å². The van der Waals surface area contributed by atoms with Crippen LogP contribution < -0.4 is 5.32 Å². The number of fused-ring (bicyclic) bond motifs is 1. The quantitative estimate of drug-likeness (QED) is 0.862. The Morgan fingerprint density at radius 2 is 2.40 bits per heavy atom. The molecule has 0 aliphatic rings. The number of amides is 1. The summed E-state index contributed by atoms with van der Waals surface area (Å²) in [6.07, 6.45) is 0. The molecule has 0 radical (unpaired) electrons. The van der Waals surface area contributed by atoms with Gasteiger partial charge in [-0.1, -0.05) is 15.9 Å². The number of anilines is 1. The highest BCUT2D eigenvalue weighted by atomic mass is 79.9. The van der Waals surface area contributed by atoms with Gasteiger partial charge in [0.2, 0.25) is 5.91 Å². The van der Waals surface area contributed by atoms with Crippen LogP contribution in [0, 0.1) is 6.92 Å². The summed E-state index contributed by atoms with van der Waals surface area (Å²) in [6.45, 7) is 1.97. The molecule has 3 nitrogen and oxygen atoms in total. The van der Waals surface area contributed by atoms with Gasteiger partial charge >= 0.3 is 0 Å². The molecule has 2 rings (SSSR count). The zero-order valence-corrected chi connectivity index (χ0v) is 10.5. The summed E-state index contributed by atoms with van der Waals surface area (Å²) in [6, 6.07) is 5.73. The Bertz CT molecular complexity index is 509. The van der Waals surface area contributed by atoms with E-state index >= 15 is 0 Å². The molecule has 1 aromatic carbocycles. The van der Waals surface area contributed by atoms with Crippen molar-refractivity contribution in [3.8, 4) is 0 Å². The third kappa shape index (κ3) is 2.35. The Morgan fingerprint density at radius 1 is 1.60 bits per heavy atom. The fourth-order valence-corrected chi connectivity index (χ4v) is 2.32. The van der Waals surface area contributed by atoms with E-state index < -0.39 is 0 Å². The zero-order chi connectivity index (χ0) is 10.8. The molecule has 78 valence electrons. The number of benzene rings is 1. The minimum atomic E-state index is -0.0458. The number of hydrogen-bond acceptors (Lipinski definition) is 3. The van der Waals surface area contributed by atoms with Crippen molar-refractivity contribution >= 4 is 49.1 Å². The molecule has 1 aromatic heterocycles. The van der Waals surface area contributed by atoms with E-state index in [1.165, 1.54) is 0 Å². The smallest absolute Gasteiger partial charge is 0.235 e. The Kier molecular flexibility index (Phi) is 3.02. The minimum Gasteiger partial charge on any atom is -0.325 e. The van der Waals surface area contributed by atoms with Crippen molar-refractivity contribution in [2.24, 2.45) is 0 Å². The number of alkyl halides is 1. The van der Waals surface area contributed by atoms with E-state index in [-0.39, 0.29) is 5.91 Å². The minimum absolute atomic E-state index is 0.0458. The molecule has 0 saturated carbocycles. The molecule has 0 saturated heterocycles. The number of halogens is 1. The SMILES string of the molecule is Cc1nc2ccc(NC(=O)CBr)cc2s1. The van der Waals surface area contributed by atoms with Crippen LogP contribution in [0.3, 0.4) is 0 Å². The molecule has 1 heterocycles. The molecule has 2 aromatic rings. The van der Waals surface area contributed by atoms with E-state index in [0.717, 1.165) is 20.9 Å². The van der Waals surface area contributed by atoms with Gasteiger partial charge in [0.1, 0.15) is 0 Å². The normalized spacial score (nSPS) is 10.5. The van der Waals surface area contributed by atoms with E-state index in [4.69, 9.17) is 0 Å². The van der Waals surface area contributed by atoms with Crippen molar-refractivity contribution in [3.05, 3.63) is 23.2 Å². The average molecular weight is 285 g/mol. The van der Waals surface area contributed by atoms with Crippen LogP contribution in [-0.4, -0.2) is 16.2 Å². The highest BCUT2D eigenvalue weighted by Gasteiger charge is 2.03. The Hall–Kier alpha value is -0.940. The summed E-state index contributed by atoms with van der Waals surface area (Å²) in [4.78, 5) is 15.5. The number of rotatable bonds is 2. The van der Waals surface area contributed by atoms with Gasteiger partial charge in [-0.25, -0.2) is 4.98 Å². The highest BCUT2D eigenvalue weighted by molar-refractivity contribution is 9.09. The van der Waals surface area contributed by atoms with Crippen LogP contribution >= 0.6 is 27.3 Å². The first kappa shape index (κ1) is 10.6. The summed E-state index contributed by atoms with van der Waals surface area (Å²) in [5.41, 5.74) is 1.80. The van der Waals surface area contributed by atoms with Crippen molar-refractivity contribution in [1.82, 2.24) is 4.98 Å². The fraction of sp³-hybridized carbons (Fsp3) is 0.200. The number of aryl methyl sites for hydroxylation is 1. The predicted molar refractivity (Wildman–Crippen MR) is 66.8 cm³/mol. The summed E-state index contributed by atoms with van der Waals surface area (Å²) in [7, 11) is 0. The maximum absolute atomic E-state index is 11.2. The Morgan fingerprint density at radius 3 is 3.13 bits per heavy atom. The van der Waals surface area contributed by atoms with Crippen molar-refractivity contribution < 1.29 is 4.79 Å². The van der Waals surface area contributed by atoms with Gasteiger partial charge in [0.05, 0.1) is 20.6 Å². The number of nitrogens with zero attached hydrogens (tertiary/aromatic N) is 1. The maximum atomic E-state index is 11.2. The van der Waals surface area contributed by atoms with E-state index in [0.29, 0.717) is 5.33 Å². The molecule has 0 bridgehead atoms. The van der Waals surface area contributed by atoms with Crippen molar-refractivity contribution in [2.45, 2.75) is 6.92 Å². The molecule has 0 aliphatic heterocycles. The largest absolute Gasteiger partial charge is 0.325 e. The molecule has 0 unspecified atom stereocenters. The molecule has 0 fully saturated rings. The van der Waals surface area contributed by atoms with Crippen LogP contribution in [0.15, 0.2) is 18.2 Å². The van der Waals surface area contributed by atoms with Crippen molar-refractivity contribution in [1.29, 1.82) is 0 Å². The van der Waals surface area contributed by atoms with Crippen LogP contribution in [0.1, 0.15) is 5.01 Å². The van der Waals surface area contributed by atoms with Crippen molar-refractivity contribution in [2.75, 3.05) is 10.6 Å². The van der Waals surface area contributed by atoms with E-state index in [1.54, 1.807) is 11.3 Å². The Labute approximate surface area is 99.6 Å². The first-order valence-corrected chi connectivity index (χ1v) is 6.36. The standard InChI is InChI=1S/C10H9BrN2OS/c1-6-12-8-3-2-7(4-9(8)15-6)13-10(14)5-11/h2-4H,5H2,1H3,(H,13,14). The molecule has 0 aliphatic carbocycles. The van der Waals surface area contributed by atoms with E-state index in [2.05, 4.69) is 26.2 Å². The first-order valence-electron chi connectivity index (χ1n) is 4.42. The number of carbonyl (C=O) groups excluding carboxylic acids is 1. The lowest BCUT2D eigenvalue weighted by Gasteiger charge is -2.01.